The Bertz CT molecular complexity index is 447. The average Bonchev–Trinajstić information content (AvgIpc) is 2.55. The van der Waals surface area contributed by atoms with Crippen LogP contribution in [0, 0.1) is 0 Å². The summed E-state index contributed by atoms with van der Waals surface area (Å²) in [5.41, 5.74) is 1.21. The number of para-hydroxylation sites is 1. The van der Waals surface area contributed by atoms with Gasteiger partial charge in [-0.15, -0.1) is 0 Å². The Labute approximate surface area is 110 Å². The molecule has 0 unspecified atom stereocenters. The van der Waals surface area contributed by atoms with Crippen LogP contribution in [-0.4, -0.2) is 28.4 Å². The van der Waals surface area contributed by atoms with Crippen LogP contribution in [0.3, 0.4) is 0 Å². The highest BCUT2D eigenvalue weighted by atomic mass is 79.9. The Kier molecular flexibility index (Phi) is 3.44. The van der Waals surface area contributed by atoms with Gasteiger partial charge in [-0.3, -0.25) is 9.59 Å². The molecule has 1 amide bonds. The molecule has 1 aliphatic rings. The van der Waals surface area contributed by atoms with E-state index < -0.39 is 11.7 Å². The number of Topliss-reactive ketones (excluding diaryl/α,β-unsaturated/α-hetero) is 1. The molecule has 0 bridgehead atoms. The standard InChI is InChI=1S/C11H9Br2NO2/c12-5-7(13)6-14-9-4-2-1-3-8(9)10(15)11(14)16/h1-4,7H,5-6H2/t7-/m0/s1. The molecule has 0 N–H and O–H groups in total. The van der Waals surface area contributed by atoms with E-state index in [0.717, 1.165) is 5.33 Å². The van der Waals surface area contributed by atoms with Gasteiger partial charge in [0.25, 0.3) is 11.7 Å². The van der Waals surface area contributed by atoms with Gasteiger partial charge >= 0.3 is 0 Å². The molecule has 0 aromatic heterocycles. The zero-order valence-electron chi connectivity index (χ0n) is 8.32. The third kappa shape index (κ3) is 1.94. The van der Waals surface area contributed by atoms with Crippen molar-refractivity contribution in [3.8, 4) is 0 Å². The van der Waals surface area contributed by atoms with E-state index in [0.29, 0.717) is 17.8 Å². The molecular weight excluding hydrogens is 338 g/mol. The number of hydrogen-bond acceptors (Lipinski definition) is 2. The van der Waals surface area contributed by atoms with Crippen molar-refractivity contribution in [1.29, 1.82) is 0 Å². The maximum absolute atomic E-state index is 11.8. The predicted octanol–water partition coefficient (Wildman–Crippen LogP) is 2.37. The molecule has 0 radical (unpaired) electrons. The molecule has 3 nitrogen and oxygen atoms in total. The zero-order chi connectivity index (χ0) is 11.7. The van der Waals surface area contributed by atoms with Gasteiger partial charge in [0, 0.05) is 16.7 Å². The van der Waals surface area contributed by atoms with E-state index in [-0.39, 0.29) is 4.83 Å². The molecule has 0 saturated carbocycles. The molecule has 5 heteroatoms. The molecule has 0 aliphatic carbocycles. The van der Waals surface area contributed by atoms with Crippen LogP contribution in [0.15, 0.2) is 24.3 Å². The predicted molar refractivity (Wildman–Crippen MR) is 69.6 cm³/mol. The van der Waals surface area contributed by atoms with Crippen LogP contribution in [0.4, 0.5) is 5.69 Å². The molecule has 84 valence electrons. The molecule has 1 aromatic rings. The normalized spacial score (nSPS) is 16.5. The maximum atomic E-state index is 11.8. The van der Waals surface area contributed by atoms with Crippen LogP contribution in [0.2, 0.25) is 0 Å². The molecule has 0 spiro atoms. The van der Waals surface area contributed by atoms with E-state index in [9.17, 15) is 9.59 Å². The lowest BCUT2D eigenvalue weighted by atomic mass is 10.1. The highest BCUT2D eigenvalue weighted by Crippen LogP contribution is 2.29. The average molecular weight is 347 g/mol. The van der Waals surface area contributed by atoms with Gasteiger partial charge in [-0.25, -0.2) is 0 Å². The fourth-order valence-electron chi connectivity index (χ4n) is 1.68. The van der Waals surface area contributed by atoms with Gasteiger partial charge in [-0.05, 0) is 12.1 Å². The Morgan fingerprint density at radius 2 is 1.94 bits per heavy atom. The summed E-state index contributed by atoms with van der Waals surface area (Å²) < 4.78 is 0. The van der Waals surface area contributed by atoms with E-state index in [1.54, 1.807) is 18.2 Å². The number of nitrogens with zero attached hydrogens (tertiary/aromatic N) is 1. The highest BCUT2D eigenvalue weighted by Gasteiger charge is 2.35. The first kappa shape index (κ1) is 11.8. The van der Waals surface area contributed by atoms with Crippen LogP contribution in [-0.2, 0) is 4.79 Å². The largest absolute Gasteiger partial charge is 0.304 e. The number of rotatable bonds is 3. The minimum Gasteiger partial charge on any atom is -0.304 e. The van der Waals surface area contributed by atoms with Crippen molar-refractivity contribution in [2.45, 2.75) is 4.83 Å². The summed E-state index contributed by atoms with van der Waals surface area (Å²) >= 11 is 6.76. The maximum Gasteiger partial charge on any atom is 0.299 e. The van der Waals surface area contributed by atoms with Crippen molar-refractivity contribution < 1.29 is 9.59 Å². The Morgan fingerprint density at radius 3 is 2.62 bits per heavy atom. The zero-order valence-corrected chi connectivity index (χ0v) is 11.5. The van der Waals surface area contributed by atoms with Crippen LogP contribution in [0.1, 0.15) is 10.4 Å². The Morgan fingerprint density at radius 1 is 1.25 bits per heavy atom. The lowest BCUT2D eigenvalue weighted by Crippen LogP contribution is -2.35. The fraction of sp³-hybridized carbons (Fsp3) is 0.273. The van der Waals surface area contributed by atoms with Crippen molar-refractivity contribution in [3.63, 3.8) is 0 Å². The lowest BCUT2D eigenvalue weighted by molar-refractivity contribution is -0.114. The number of amides is 1. The van der Waals surface area contributed by atoms with Crippen molar-refractivity contribution in [3.05, 3.63) is 29.8 Å². The molecule has 16 heavy (non-hydrogen) atoms. The molecule has 1 aromatic carbocycles. The Balaban J connectivity index is 2.34. The van der Waals surface area contributed by atoms with Gasteiger partial charge in [-0.2, -0.15) is 0 Å². The third-order valence-corrected chi connectivity index (χ3v) is 4.69. The number of carbonyl (C=O) groups excluding carboxylic acids is 2. The quantitative estimate of drug-likeness (QED) is 0.622. The van der Waals surface area contributed by atoms with Crippen LogP contribution in [0.5, 0.6) is 0 Å². The number of fused-ring (bicyclic) bond motifs is 1. The van der Waals surface area contributed by atoms with Crippen molar-refractivity contribution >= 4 is 49.2 Å². The van der Waals surface area contributed by atoms with Crippen molar-refractivity contribution in [2.75, 3.05) is 16.8 Å². The minimum absolute atomic E-state index is 0.135. The summed E-state index contributed by atoms with van der Waals surface area (Å²) in [5.74, 6) is -0.850. The van der Waals surface area contributed by atoms with Gasteiger partial charge in [0.15, 0.2) is 0 Å². The first-order valence-electron chi connectivity index (χ1n) is 4.80. The number of alkyl halides is 2. The number of carbonyl (C=O) groups is 2. The first-order valence-corrected chi connectivity index (χ1v) is 6.84. The molecule has 0 fully saturated rings. The monoisotopic (exact) mass is 345 g/mol. The number of benzene rings is 1. The van der Waals surface area contributed by atoms with E-state index in [1.807, 2.05) is 6.07 Å². The Hall–Kier alpha value is -0.680. The van der Waals surface area contributed by atoms with Gasteiger partial charge in [-0.1, -0.05) is 44.0 Å². The SMILES string of the molecule is O=C1C(=O)N(C[C@@H](Br)CBr)c2ccccc21. The van der Waals surface area contributed by atoms with E-state index in [4.69, 9.17) is 0 Å². The summed E-state index contributed by atoms with van der Waals surface area (Å²) in [5, 5.41) is 0.729. The molecule has 0 saturated heterocycles. The van der Waals surface area contributed by atoms with E-state index in [2.05, 4.69) is 31.9 Å². The smallest absolute Gasteiger partial charge is 0.299 e. The summed E-state index contributed by atoms with van der Waals surface area (Å²) in [6, 6.07) is 7.08. The van der Waals surface area contributed by atoms with Crippen molar-refractivity contribution in [2.24, 2.45) is 0 Å². The van der Waals surface area contributed by atoms with Crippen LogP contribution >= 0.6 is 31.9 Å². The summed E-state index contributed by atoms with van der Waals surface area (Å²) in [6.45, 7) is 0.493. The molecule has 1 atom stereocenters. The summed E-state index contributed by atoms with van der Waals surface area (Å²) in [4.78, 5) is 25.1. The van der Waals surface area contributed by atoms with E-state index >= 15 is 0 Å². The number of hydrogen-bond donors (Lipinski definition) is 0. The van der Waals surface area contributed by atoms with Gasteiger partial charge in [0.05, 0.1) is 11.3 Å². The molecule has 1 heterocycles. The summed E-state index contributed by atoms with van der Waals surface area (Å²) in [6.07, 6.45) is 0. The molecule has 2 rings (SSSR count). The van der Waals surface area contributed by atoms with Crippen molar-refractivity contribution in [1.82, 2.24) is 0 Å². The number of ketones is 1. The van der Waals surface area contributed by atoms with Crippen LogP contribution in [0.25, 0.3) is 0 Å². The minimum atomic E-state index is -0.438. The summed E-state index contributed by atoms with van der Waals surface area (Å²) in [7, 11) is 0. The second-order valence-electron chi connectivity index (χ2n) is 3.51. The second kappa shape index (κ2) is 4.67. The number of anilines is 1. The van der Waals surface area contributed by atoms with Crippen LogP contribution < -0.4 is 4.90 Å². The van der Waals surface area contributed by atoms with E-state index in [1.165, 1.54) is 4.90 Å². The highest BCUT2D eigenvalue weighted by molar-refractivity contribution is 9.12. The third-order valence-electron chi connectivity index (χ3n) is 2.43. The number of halogens is 2. The fourth-order valence-corrected chi connectivity index (χ4v) is 2.17. The second-order valence-corrected chi connectivity index (χ2v) is 5.46. The molecular formula is C11H9Br2NO2. The van der Waals surface area contributed by atoms with Gasteiger partial charge in [0.2, 0.25) is 0 Å². The molecule has 1 aliphatic heterocycles. The first-order chi connectivity index (χ1) is 7.65. The topological polar surface area (TPSA) is 37.4 Å². The lowest BCUT2D eigenvalue weighted by Gasteiger charge is -2.18. The van der Waals surface area contributed by atoms with Gasteiger partial charge < -0.3 is 4.90 Å². The van der Waals surface area contributed by atoms with Gasteiger partial charge in [0.1, 0.15) is 0 Å².